The molecule has 124 valence electrons. The highest BCUT2D eigenvalue weighted by Crippen LogP contribution is 2.32. The van der Waals surface area contributed by atoms with Crippen LogP contribution in [-0.4, -0.2) is 10.9 Å². The van der Waals surface area contributed by atoms with E-state index in [1.165, 1.54) is 29.5 Å². The minimum atomic E-state index is -4.47. The molecule has 0 saturated heterocycles. The van der Waals surface area contributed by atoms with Crippen molar-refractivity contribution in [1.29, 1.82) is 0 Å². The Hall–Kier alpha value is -1.89. The van der Waals surface area contributed by atoms with Crippen LogP contribution >= 0.6 is 11.3 Å². The molecule has 0 radical (unpaired) electrons. The van der Waals surface area contributed by atoms with E-state index < -0.39 is 17.6 Å². The second kappa shape index (κ2) is 6.70. The molecule has 23 heavy (non-hydrogen) atoms. The SMILES string of the molecule is Cc1nc([C@H](C)NC(=O)Cc2ccccc2C(F)(F)F)c(C)s1. The highest BCUT2D eigenvalue weighted by Gasteiger charge is 2.33. The monoisotopic (exact) mass is 342 g/mol. The van der Waals surface area contributed by atoms with Gasteiger partial charge < -0.3 is 5.32 Å². The number of aromatic nitrogens is 1. The summed E-state index contributed by atoms with van der Waals surface area (Å²) in [5, 5.41) is 3.61. The van der Waals surface area contributed by atoms with Crippen LogP contribution in [0.3, 0.4) is 0 Å². The Balaban J connectivity index is 2.10. The summed E-state index contributed by atoms with van der Waals surface area (Å²) in [6.07, 6.45) is -4.78. The van der Waals surface area contributed by atoms with Gasteiger partial charge in [-0.1, -0.05) is 18.2 Å². The summed E-state index contributed by atoms with van der Waals surface area (Å²) in [6.45, 7) is 5.55. The maximum atomic E-state index is 12.9. The second-order valence-corrected chi connectivity index (χ2v) is 6.70. The van der Waals surface area contributed by atoms with Crippen LogP contribution in [0.4, 0.5) is 13.2 Å². The lowest BCUT2D eigenvalue weighted by Gasteiger charge is -2.15. The van der Waals surface area contributed by atoms with Gasteiger partial charge in [-0.15, -0.1) is 11.3 Å². The normalized spacial score (nSPS) is 13.0. The summed E-state index contributed by atoms with van der Waals surface area (Å²) >= 11 is 1.52. The number of aryl methyl sites for hydroxylation is 2. The smallest absolute Gasteiger partial charge is 0.348 e. The van der Waals surface area contributed by atoms with Gasteiger partial charge in [0.05, 0.1) is 28.7 Å². The number of halogens is 3. The lowest BCUT2D eigenvalue weighted by molar-refractivity contribution is -0.138. The zero-order valence-electron chi connectivity index (χ0n) is 13.0. The molecule has 1 amide bonds. The molecule has 0 spiro atoms. The van der Waals surface area contributed by atoms with Crippen molar-refractivity contribution in [2.45, 2.75) is 39.4 Å². The Bertz CT molecular complexity index is 710. The minimum absolute atomic E-state index is 0.0316. The first kappa shape index (κ1) is 17.5. The van der Waals surface area contributed by atoms with Crippen molar-refractivity contribution in [2.24, 2.45) is 0 Å². The van der Waals surface area contributed by atoms with E-state index in [9.17, 15) is 18.0 Å². The van der Waals surface area contributed by atoms with Crippen LogP contribution in [0.5, 0.6) is 0 Å². The fourth-order valence-electron chi connectivity index (χ4n) is 2.43. The van der Waals surface area contributed by atoms with Crippen LogP contribution in [0.2, 0.25) is 0 Å². The molecule has 0 unspecified atom stereocenters. The molecule has 7 heteroatoms. The number of hydrogen-bond donors (Lipinski definition) is 1. The number of amides is 1. The van der Waals surface area contributed by atoms with E-state index in [2.05, 4.69) is 10.3 Å². The van der Waals surface area contributed by atoms with Crippen LogP contribution in [-0.2, 0) is 17.4 Å². The van der Waals surface area contributed by atoms with E-state index >= 15 is 0 Å². The second-order valence-electron chi connectivity index (χ2n) is 5.30. The van der Waals surface area contributed by atoms with Crippen molar-refractivity contribution < 1.29 is 18.0 Å². The van der Waals surface area contributed by atoms with Crippen LogP contribution in [0.15, 0.2) is 24.3 Å². The third-order valence-electron chi connectivity index (χ3n) is 3.40. The average Bonchev–Trinajstić information content (AvgIpc) is 2.77. The Labute approximate surface area is 136 Å². The number of rotatable bonds is 4. The molecule has 2 rings (SSSR count). The molecule has 0 saturated carbocycles. The van der Waals surface area contributed by atoms with Crippen LogP contribution in [0, 0.1) is 13.8 Å². The number of thiazole rings is 1. The van der Waals surface area contributed by atoms with Gasteiger partial charge in [0.1, 0.15) is 0 Å². The molecule has 2 aromatic rings. The zero-order chi connectivity index (χ0) is 17.2. The zero-order valence-corrected chi connectivity index (χ0v) is 13.8. The predicted molar refractivity (Wildman–Crippen MR) is 83.3 cm³/mol. The molecule has 0 aliphatic heterocycles. The van der Waals surface area contributed by atoms with Gasteiger partial charge in [-0.25, -0.2) is 4.98 Å². The Morgan fingerprint density at radius 3 is 2.52 bits per heavy atom. The number of nitrogens with zero attached hydrogens (tertiary/aromatic N) is 1. The summed E-state index contributed by atoms with van der Waals surface area (Å²) in [7, 11) is 0. The fourth-order valence-corrected chi connectivity index (χ4v) is 3.35. The number of carbonyl (C=O) groups excluding carboxylic acids is 1. The number of carbonyl (C=O) groups is 1. The summed E-state index contributed by atoms with van der Waals surface area (Å²) in [5.74, 6) is -0.459. The topological polar surface area (TPSA) is 42.0 Å². The van der Waals surface area contributed by atoms with Gasteiger partial charge in [-0.05, 0) is 32.4 Å². The molecular weight excluding hydrogens is 325 g/mol. The van der Waals surface area contributed by atoms with E-state index in [1.54, 1.807) is 6.92 Å². The van der Waals surface area contributed by atoms with E-state index in [-0.39, 0.29) is 18.0 Å². The highest BCUT2D eigenvalue weighted by atomic mass is 32.1. The molecule has 0 fully saturated rings. The molecule has 0 aliphatic rings. The molecular formula is C16H17F3N2OS. The number of benzene rings is 1. The van der Waals surface area contributed by atoms with Crippen molar-refractivity contribution in [1.82, 2.24) is 10.3 Å². The molecule has 1 heterocycles. The van der Waals surface area contributed by atoms with Gasteiger partial charge >= 0.3 is 6.18 Å². The van der Waals surface area contributed by atoms with Gasteiger partial charge in [-0.2, -0.15) is 13.2 Å². The van der Waals surface area contributed by atoms with E-state index in [0.717, 1.165) is 21.6 Å². The van der Waals surface area contributed by atoms with Gasteiger partial charge in [0, 0.05) is 4.88 Å². The van der Waals surface area contributed by atoms with Gasteiger partial charge in [0.2, 0.25) is 5.91 Å². The third kappa shape index (κ3) is 4.31. The van der Waals surface area contributed by atoms with E-state index in [1.807, 2.05) is 13.8 Å². The number of nitrogens with one attached hydrogen (secondary N) is 1. The summed E-state index contributed by atoms with van der Waals surface area (Å²) in [6, 6.07) is 4.78. The Morgan fingerprint density at radius 1 is 1.30 bits per heavy atom. The van der Waals surface area contributed by atoms with Crippen molar-refractivity contribution in [3.05, 3.63) is 51.0 Å². The van der Waals surface area contributed by atoms with Crippen molar-refractivity contribution in [2.75, 3.05) is 0 Å². The van der Waals surface area contributed by atoms with Crippen LogP contribution in [0.1, 0.15) is 39.7 Å². The molecule has 0 bridgehead atoms. The van der Waals surface area contributed by atoms with Crippen molar-refractivity contribution in [3.63, 3.8) is 0 Å². The summed E-state index contributed by atoms with van der Waals surface area (Å²) < 4.78 is 38.8. The minimum Gasteiger partial charge on any atom is -0.348 e. The highest BCUT2D eigenvalue weighted by molar-refractivity contribution is 7.11. The largest absolute Gasteiger partial charge is 0.416 e. The van der Waals surface area contributed by atoms with Crippen LogP contribution < -0.4 is 5.32 Å². The first-order valence-corrected chi connectivity index (χ1v) is 7.88. The number of hydrogen-bond acceptors (Lipinski definition) is 3. The fraction of sp³-hybridized carbons (Fsp3) is 0.375. The Morgan fingerprint density at radius 2 is 1.96 bits per heavy atom. The molecule has 3 nitrogen and oxygen atoms in total. The van der Waals surface area contributed by atoms with Gasteiger partial charge in [-0.3, -0.25) is 4.79 Å². The van der Waals surface area contributed by atoms with Crippen molar-refractivity contribution in [3.8, 4) is 0 Å². The average molecular weight is 342 g/mol. The summed E-state index contributed by atoms with van der Waals surface area (Å²) in [4.78, 5) is 17.4. The molecule has 0 aliphatic carbocycles. The molecule has 1 N–H and O–H groups in total. The first-order chi connectivity index (χ1) is 10.7. The molecule has 1 aromatic heterocycles. The van der Waals surface area contributed by atoms with Crippen molar-refractivity contribution >= 4 is 17.2 Å². The van der Waals surface area contributed by atoms with Crippen LogP contribution in [0.25, 0.3) is 0 Å². The third-order valence-corrected chi connectivity index (χ3v) is 4.30. The number of alkyl halides is 3. The van der Waals surface area contributed by atoms with Gasteiger partial charge in [0.15, 0.2) is 0 Å². The molecule has 1 atom stereocenters. The van der Waals surface area contributed by atoms with E-state index in [0.29, 0.717) is 0 Å². The first-order valence-electron chi connectivity index (χ1n) is 7.07. The summed E-state index contributed by atoms with van der Waals surface area (Å²) in [5.41, 5.74) is -0.0516. The maximum Gasteiger partial charge on any atom is 0.416 e. The van der Waals surface area contributed by atoms with Gasteiger partial charge in [0.25, 0.3) is 0 Å². The quantitative estimate of drug-likeness (QED) is 0.905. The van der Waals surface area contributed by atoms with E-state index in [4.69, 9.17) is 0 Å². The lowest BCUT2D eigenvalue weighted by Crippen LogP contribution is -2.29. The standard InChI is InChI=1S/C16H17F3N2OS/c1-9(15-10(2)23-11(3)21-15)20-14(22)8-12-6-4-5-7-13(12)16(17,18)19/h4-7,9H,8H2,1-3H3,(H,20,22)/t9-/m0/s1. The Kier molecular flexibility index (Phi) is 5.09. The lowest BCUT2D eigenvalue weighted by atomic mass is 10.0. The maximum absolute atomic E-state index is 12.9. The predicted octanol–water partition coefficient (Wildman–Crippen LogP) is 4.20. The molecule has 1 aromatic carbocycles.